The standard InChI is InChI=1S/C8H16O4/c1-7(4-10-2)12-6-8(9)5-11-3/h7H,4-6H2,1-3H3. The van der Waals surface area contributed by atoms with Crippen LogP contribution in [-0.2, 0) is 19.0 Å². The molecule has 0 aromatic carbocycles. The Kier molecular flexibility index (Phi) is 6.94. The lowest BCUT2D eigenvalue weighted by Gasteiger charge is -2.10. The maximum absolute atomic E-state index is 10.9. The van der Waals surface area contributed by atoms with Crippen molar-refractivity contribution < 1.29 is 19.0 Å². The highest BCUT2D eigenvalue weighted by molar-refractivity contribution is 5.80. The van der Waals surface area contributed by atoms with Crippen LogP contribution in [-0.4, -0.2) is 45.9 Å². The smallest absolute Gasteiger partial charge is 0.183 e. The SMILES string of the molecule is COCC(=O)COC(C)COC. The first-order valence-corrected chi connectivity index (χ1v) is 3.82. The number of ketones is 1. The number of carbonyl (C=O) groups is 1. The number of carbonyl (C=O) groups excluding carboxylic acids is 1. The minimum Gasteiger partial charge on any atom is -0.382 e. The molecule has 0 bridgehead atoms. The van der Waals surface area contributed by atoms with Crippen molar-refractivity contribution in [3.8, 4) is 0 Å². The van der Waals surface area contributed by atoms with Gasteiger partial charge in [0.1, 0.15) is 13.2 Å². The van der Waals surface area contributed by atoms with E-state index in [1.165, 1.54) is 7.11 Å². The molecule has 0 aromatic rings. The molecule has 1 unspecified atom stereocenters. The van der Waals surface area contributed by atoms with Gasteiger partial charge < -0.3 is 14.2 Å². The zero-order valence-corrected chi connectivity index (χ0v) is 7.83. The van der Waals surface area contributed by atoms with Gasteiger partial charge in [-0.25, -0.2) is 0 Å². The van der Waals surface area contributed by atoms with Crippen LogP contribution >= 0.6 is 0 Å². The second-order valence-electron chi connectivity index (χ2n) is 2.55. The van der Waals surface area contributed by atoms with E-state index < -0.39 is 0 Å². The summed E-state index contributed by atoms with van der Waals surface area (Å²) in [5, 5.41) is 0. The van der Waals surface area contributed by atoms with Gasteiger partial charge in [-0.2, -0.15) is 0 Å². The Hall–Kier alpha value is -0.450. The Morgan fingerprint density at radius 2 is 1.92 bits per heavy atom. The first-order chi connectivity index (χ1) is 5.70. The predicted molar refractivity (Wildman–Crippen MR) is 44.2 cm³/mol. The molecule has 0 aliphatic carbocycles. The summed E-state index contributed by atoms with van der Waals surface area (Å²) >= 11 is 0. The third-order valence-electron chi connectivity index (χ3n) is 1.24. The van der Waals surface area contributed by atoms with Gasteiger partial charge in [0.15, 0.2) is 5.78 Å². The summed E-state index contributed by atoms with van der Waals surface area (Å²) in [4.78, 5) is 10.9. The van der Waals surface area contributed by atoms with E-state index in [0.717, 1.165) is 0 Å². The van der Waals surface area contributed by atoms with Crippen molar-refractivity contribution in [2.75, 3.05) is 34.0 Å². The summed E-state index contributed by atoms with van der Waals surface area (Å²) in [6.45, 7) is 2.56. The summed E-state index contributed by atoms with van der Waals surface area (Å²) in [6, 6.07) is 0. The number of hydrogen-bond acceptors (Lipinski definition) is 4. The third-order valence-corrected chi connectivity index (χ3v) is 1.24. The van der Waals surface area contributed by atoms with Crippen LogP contribution in [0.25, 0.3) is 0 Å². The number of Topliss-reactive ketones (excluding diaryl/α,β-unsaturated/α-hetero) is 1. The lowest BCUT2D eigenvalue weighted by atomic mass is 10.4. The molecule has 0 saturated heterocycles. The number of methoxy groups -OCH3 is 2. The first kappa shape index (κ1) is 11.6. The molecule has 1 atom stereocenters. The van der Waals surface area contributed by atoms with E-state index >= 15 is 0 Å². The van der Waals surface area contributed by atoms with Gasteiger partial charge in [-0.15, -0.1) is 0 Å². The summed E-state index contributed by atoms with van der Waals surface area (Å²) in [5.41, 5.74) is 0. The van der Waals surface area contributed by atoms with E-state index in [1.807, 2.05) is 6.92 Å². The average Bonchev–Trinajstić information content (AvgIpc) is 2.02. The summed E-state index contributed by atoms with van der Waals surface area (Å²) in [6.07, 6.45) is -0.0455. The van der Waals surface area contributed by atoms with Crippen LogP contribution in [0.3, 0.4) is 0 Å². The van der Waals surface area contributed by atoms with Crippen LogP contribution in [0.1, 0.15) is 6.92 Å². The maximum atomic E-state index is 10.9. The molecule has 72 valence electrons. The van der Waals surface area contributed by atoms with Crippen molar-refractivity contribution in [2.45, 2.75) is 13.0 Å². The van der Waals surface area contributed by atoms with Crippen molar-refractivity contribution >= 4 is 5.78 Å². The molecule has 4 nitrogen and oxygen atoms in total. The van der Waals surface area contributed by atoms with E-state index in [1.54, 1.807) is 7.11 Å². The van der Waals surface area contributed by atoms with Gasteiger partial charge in [0.2, 0.25) is 0 Å². The molecule has 0 aliphatic rings. The number of ether oxygens (including phenoxy) is 3. The largest absolute Gasteiger partial charge is 0.382 e. The van der Waals surface area contributed by atoms with Crippen LogP contribution in [0.2, 0.25) is 0 Å². The molecule has 0 saturated carbocycles. The van der Waals surface area contributed by atoms with E-state index in [9.17, 15) is 4.79 Å². The highest BCUT2D eigenvalue weighted by Crippen LogP contribution is 1.91. The van der Waals surface area contributed by atoms with E-state index in [2.05, 4.69) is 4.74 Å². The Balaban J connectivity index is 3.33. The Bertz CT molecular complexity index is 124. The van der Waals surface area contributed by atoms with E-state index in [0.29, 0.717) is 6.61 Å². The quantitative estimate of drug-likeness (QED) is 0.558. The fourth-order valence-corrected chi connectivity index (χ4v) is 0.721. The molecule has 0 aliphatic heterocycles. The Labute approximate surface area is 72.8 Å². The van der Waals surface area contributed by atoms with Gasteiger partial charge in [-0.1, -0.05) is 0 Å². The molecular weight excluding hydrogens is 160 g/mol. The van der Waals surface area contributed by atoms with Gasteiger partial charge in [-0.3, -0.25) is 4.79 Å². The molecule has 0 fully saturated rings. The minimum atomic E-state index is -0.0551. The van der Waals surface area contributed by atoms with Crippen molar-refractivity contribution in [3.63, 3.8) is 0 Å². The van der Waals surface area contributed by atoms with Gasteiger partial charge in [-0.05, 0) is 6.92 Å². The van der Waals surface area contributed by atoms with Crippen LogP contribution in [0.4, 0.5) is 0 Å². The first-order valence-electron chi connectivity index (χ1n) is 3.82. The second-order valence-corrected chi connectivity index (χ2v) is 2.55. The second kappa shape index (κ2) is 7.21. The van der Waals surface area contributed by atoms with Crippen molar-refractivity contribution in [1.82, 2.24) is 0 Å². The molecule has 0 spiro atoms. The zero-order chi connectivity index (χ0) is 9.40. The molecule has 0 heterocycles. The zero-order valence-electron chi connectivity index (χ0n) is 7.83. The molecule has 0 rings (SSSR count). The van der Waals surface area contributed by atoms with Crippen LogP contribution in [0.5, 0.6) is 0 Å². The molecule has 4 heteroatoms. The Morgan fingerprint density at radius 3 is 2.42 bits per heavy atom. The lowest BCUT2D eigenvalue weighted by Crippen LogP contribution is -2.21. The average molecular weight is 176 g/mol. The van der Waals surface area contributed by atoms with Crippen molar-refractivity contribution in [3.05, 3.63) is 0 Å². The highest BCUT2D eigenvalue weighted by atomic mass is 16.5. The van der Waals surface area contributed by atoms with Gasteiger partial charge in [0.25, 0.3) is 0 Å². The molecule has 0 N–H and O–H groups in total. The summed E-state index contributed by atoms with van der Waals surface area (Å²) < 4.78 is 14.6. The van der Waals surface area contributed by atoms with Crippen LogP contribution in [0, 0.1) is 0 Å². The fourth-order valence-electron chi connectivity index (χ4n) is 0.721. The van der Waals surface area contributed by atoms with Crippen molar-refractivity contribution in [2.24, 2.45) is 0 Å². The van der Waals surface area contributed by atoms with Crippen LogP contribution in [0.15, 0.2) is 0 Å². The topological polar surface area (TPSA) is 44.8 Å². The lowest BCUT2D eigenvalue weighted by molar-refractivity contribution is -0.129. The Morgan fingerprint density at radius 1 is 1.25 bits per heavy atom. The maximum Gasteiger partial charge on any atom is 0.183 e. The monoisotopic (exact) mass is 176 g/mol. The van der Waals surface area contributed by atoms with Gasteiger partial charge >= 0.3 is 0 Å². The minimum absolute atomic E-state index is 0.0455. The number of hydrogen-bond donors (Lipinski definition) is 0. The fraction of sp³-hybridized carbons (Fsp3) is 0.875. The van der Waals surface area contributed by atoms with Gasteiger partial charge in [0, 0.05) is 14.2 Å². The van der Waals surface area contributed by atoms with E-state index in [4.69, 9.17) is 9.47 Å². The molecular formula is C8H16O4. The molecule has 0 amide bonds. The van der Waals surface area contributed by atoms with E-state index in [-0.39, 0.29) is 25.1 Å². The summed E-state index contributed by atoms with van der Waals surface area (Å²) in [7, 11) is 3.08. The third kappa shape index (κ3) is 6.27. The molecule has 0 radical (unpaired) electrons. The molecule has 12 heavy (non-hydrogen) atoms. The number of rotatable bonds is 7. The summed E-state index contributed by atoms with van der Waals surface area (Å²) in [5.74, 6) is -0.0551. The predicted octanol–water partition coefficient (Wildman–Crippen LogP) is 0.253. The normalized spacial score (nSPS) is 12.9. The van der Waals surface area contributed by atoms with Gasteiger partial charge in [0.05, 0.1) is 12.7 Å². The molecule has 0 aromatic heterocycles. The highest BCUT2D eigenvalue weighted by Gasteiger charge is 2.05. The van der Waals surface area contributed by atoms with Crippen LogP contribution < -0.4 is 0 Å². The van der Waals surface area contributed by atoms with Crippen molar-refractivity contribution in [1.29, 1.82) is 0 Å².